The zero-order chi connectivity index (χ0) is 11.3. The van der Waals surface area contributed by atoms with Crippen LogP contribution in [0.4, 0.5) is 5.69 Å². The highest BCUT2D eigenvalue weighted by Gasteiger charge is 1.98. The van der Waals surface area contributed by atoms with Crippen LogP contribution < -0.4 is 11.1 Å². The van der Waals surface area contributed by atoms with E-state index in [1.54, 1.807) is 24.3 Å². The average Bonchev–Trinajstić information content (AvgIpc) is 2.18. The van der Waals surface area contributed by atoms with Crippen molar-refractivity contribution in [3.8, 4) is 0 Å². The molecule has 0 saturated carbocycles. The van der Waals surface area contributed by atoms with Gasteiger partial charge in [-0.1, -0.05) is 0 Å². The maximum Gasteiger partial charge on any atom is 0.329 e. The average molecular weight is 206 g/mol. The minimum absolute atomic E-state index is 0.405. The number of primary amides is 1. The Morgan fingerprint density at radius 3 is 2.33 bits per heavy atom. The van der Waals surface area contributed by atoms with E-state index in [1.807, 2.05) is 0 Å². The van der Waals surface area contributed by atoms with Crippen LogP contribution in [-0.2, 0) is 4.79 Å². The van der Waals surface area contributed by atoms with Crippen molar-refractivity contribution in [1.82, 2.24) is 0 Å². The van der Waals surface area contributed by atoms with Crippen molar-refractivity contribution in [2.75, 3.05) is 5.32 Å². The number of anilines is 1. The summed E-state index contributed by atoms with van der Waals surface area (Å²) in [5, 5.41) is 11.0. The molecule has 0 aliphatic heterocycles. The van der Waals surface area contributed by atoms with E-state index in [9.17, 15) is 9.59 Å². The zero-order valence-electron chi connectivity index (χ0n) is 7.81. The Balaban J connectivity index is 2.65. The molecule has 0 bridgehead atoms. The van der Waals surface area contributed by atoms with Gasteiger partial charge in [0.15, 0.2) is 0 Å². The lowest BCUT2D eigenvalue weighted by atomic mass is 10.2. The lowest BCUT2D eigenvalue weighted by molar-refractivity contribution is -0.131. The van der Waals surface area contributed by atoms with Crippen LogP contribution in [0.2, 0.25) is 0 Å². The molecular weight excluding hydrogens is 196 g/mol. The summed E-state index contributed by atoms with van der Waals surface area (Å²) in [5.41, 5.74) is 6.14. The van der Waals surface area contributed by atoms with E-state index >= 15 is 0 Å². The number of carbonyl (C=O) groups excluding carboxylic acids is 1. The second-order valence-corrected chi connectivity index (χ2v) is 2.76. The van der Waals surface area contributed by atoms with Crippen molar-refractivity contribution in [2.24, 2.45) is 5.73 Å². The fourth-order valence-corrected chi connectivity index (χ4v) is 0.940. The monoisotopic (exact) mass is 206 g/mol. The van der Waals surface area contributed by atoms with Gasteiger partial charge in [-0.3, -0.25) is 4.79 Å². The molecule has 1 aromatic rings. The van der Waals surface area contributed by atoms with Crippen LogP contribution in [0.1, 0.15) is 10.4 Å². The van der Waals surface area contributed by atoms with Crippen LogP contribution in [0.15, 0.2) is 36.5 Å². The quantitative estimate of drug-likeness (QED) is 0.635. The minimum atomic E-state index is -1.03. The molecule has 0 aliphatic carbocycles. The predicted molar refractivity (Wildman–Crippen MR) is 55.4 cm³/mol. The zero-order valence-corrected chi connectivity index (χ0v) is 7.81. The normalized spacial score (nSPS) is 10.1. The van der Waals surface area contributed by atoms with Gasteiger partial charge in [0.05, 0.1) is 0 Å². The standard InChI is InChI=1S/C10H10N2O3/c11-10(15)7-1-3-8(4-2-7)12-6-5-9(13)14/h1-6,12H,(H2,11,15)(H,13,14)/b6-5+. The van der Waals surface area contributed by atoms with Gasteiger partial charge in [-0.25, -0.2) is 4.79 Å². The smallest absolute Gasteiger partial charge is 0.329 e. The largest absolute Gasteiger partial charge is 0.478 e. The number of carboxylic acids is 1. The van der Waals surface area contributed by atoms with Crippen molar-refractivity contribution in [1.29, 1.82) is 0 Å². The third-order valence-corrected chi connectivity index (χ3v) is 1.65. The summed E-state index contributed by atoms with van der Waals surface area (Å²) in [4.78, 5) is 20.9. The number of amides is 1. The number of nitrogens with two attached hydrogens (primary N) is 1. The summed E-state index contributed by atoms with van der Waals surface area (Å²) in [7, 11) is 0. The molecule has 0 heterocycles. The SMILES string of the molecule is NC(=O)c1ccc(N/C=C/C(=O)O)cc1. The molecule has 0 radical (unpaired) electrons. The van der Waals surface area contributed by atoms with Crippen molar-refractivity contribution >= 4 is 17.6 Å². The van der Waals surface area contributed by atoms with Crippen LogP contribution in [0.5, 0.6) is 0 Å². The van der Waals surface area contributed by atoms with Crippen LogP contribution in [0.25, 0.3) is 0 Å². The van der Waals surface area contributed by atoms with Gasteiger partial charge in [-0.15, -0.1) is 0 Å². The summed E-state index contributed by atoms with van der Waals surface area (Å²) in [6.07, 6.45) is 2.27. The Morgan fingerprint density at radius 1 is 1.27 bits per heavy atom. The number of aliphatic carboxylic acids is 1. The van der Waals surface area contributed by atoms with E-state index < -0.39 is 11.9 Å². The van der Waals surface area contributed by atoms with Gasteiger partial charge in [0.1, 0.15) is 0 Å². The van der Waals surface area contributed by atoms with E-state index in [0.717, 1.165) is 6.08 Å². The Labute approximate surface area is 86.2 Å². The molecule has 1 amide bonds. The van der Waals surface area contributed by atoms with Gasteiger partial charge >= 0.3 is 5.97 Å². The van der Waals surface area contributed by atoms with Gasteiger partial charge in [0.2, 0.25) is 5.91 Å². The lowest BCUT2D eigenvalue weighted by Gasteiger charge is -2.00. The molecule has 0 spiro atoms. The van der Waals surface area contributed by atoms with Gasteiger partial charge in [0, 0.05) is 23.5 Å². The summed E-state index contributed by atoms with van der Waals surface area (Å²) in [6.45, 7) is 0. The number of carbonyl (C=O) groups is 2. The van der Waals surface area contributed by atoms with E-state index in [4.69, 9.17) is 10.8 Å². The Kier molecular flexibility index (Phi) is 3.45. The highest BCUT2D eigenvalue weighted by molar-refractivity contribution is 5.93. The number of rotatable bonds is 4. The van der Waals surface area contributed by atoms with Crippen LogP contribution in [-0.4, -0.2) is 17.0 Å². The maximum atomic E-state index is 10.7. The second kappa shape index (κ2) is 4.80. The molecular formula is C10H10N2O3. The number of carboxylic acid groups (broad SMARTS) is 1. The van der Waals surface area contributed by atoms with Crippen molar-refractivity contribution in [3.05, 3.63) is 42.1 Å². The van der Waals surface area contributed by atoms with Gasteiger partial charge < -0.3 is 16.2 Å². The summed E-state index contributed by atoms with van der Waals surface area (Å²) in [5.74, 6) is -1.53. The molecule has 0 unspecified atom stereocenters. The van der Waals surface area contributed by atoms with E-state index in [0.29, 0.717) is 11.3 Å². The van der Waals surface area contributed by atoms with E-state index in [2.05, 4.69) is 5.32 Å². The number of benzene rings is 1. The van der Waals surface area contributed by atoms with Gasteiger partial charge in [0.25, 0.3) is 0 Å². The number of hydrogen-bond acceptors (Lipinski definition) is 3. The minimum Gasteiger partial charge on any atom is -0.478 e. The molecule has 4 N–H and O–H groups in total. The molecule has 5 heteroatoms. The van der Waals surface area contributed by atoms with Crippen LogP contribution in [0, 0.1) is 0 Å². The van der Waals surface area contributed by atoms with Crippen molar-refractivity contribution in [3.63, 3.8) is 0 Å². The van der Waals surface area contributed by atoms with Crippen molar-refractivity contribution < 1.29 is 14.7 Å². The van der Waals surface area contributed by atoms with E-state index in [1.165, 1.54) is 6.20 Å². The lowest BCUT2D eigenvalue weighted by Crippen LogP contribution is -2.10. The fraction of sp³-hybridized carbons (Fsp3) is 0. The first-order chi connectivity index (χ1) is 7.09. The molecule has 0 atom stereocenters. The number of hydrogen-bond donors (Lipinski definition) is 3. The molecule has 5 nitrogen and oxygen atoms in total. The highest BCUT2D eigenvalue weighted by atomic mass is 16.4. The van der Waals surface area contributed by atoms with Crippen molar-refractivity contribution in [2.45, 2.75) is 0 Å². The summed E-state index contributed by atoms with van der Waals surface area (Å²) < 4.78 is 0. The van der Waals surface area contributed by atoms with Gasteiger partial charge in [-0.2, -0.15) is 0 Å². The molecule has 0 aromatic heterocycles. The summed E-state index contributed by atoms with van der Waals surface area (Å²) in [6, 6.07) is 6.37. The molecule has 1 aromatic carbocycles. The Bertz CT molecular complexity index is 396. The van der Waals surface area contributed by atoms with Crippen LogP contribution >= 0.6 is 0 Å². The molecule has 0 fully saturated rings. The third-order valence-electron chi connectivity index (χ3n) is 1.65. The molecule has 15 heavy (non-hydrogen) atoms. The maximum absolute atomic E-state index is 10.7. The predicted octanol–water partition coefficient (Wildman–Crippen LogP) is 0.796. The van der Waals surface area contributed by atoms with Crippen LogP contribution in [0.3, 0.4) is 0 Å². The topological polar surface area (TPSA) is 92.4 Å². The molecule has 0 saturated heterocycles. The van der Waals surface area contributed by atoms with Gasteiger partial charge in [-0.05, 0) is 24.3 Å². The first-order valence-corrected chi connectivity index (χ1v) is 4.15. The first kappa shape index (κ1) is 10.8. The Hall–Kier alpha value is -2.30. The highest BCUT2D eigenvalue weighted by Crippen LogP contribution is 2.08. The third kappa shape index (κ3) is 3.51. The number of nitrogens with one attached hydrogen (secondary N) is 1. The Morgan fingerprint density at radius 2 is 1.87 bits per heavy atom. The first-order valence-electron chi connectivity index (χ1n) is 4.15. The fourth-order valence-electron chi connectivity index (χ4n) is 0.940. The molecule has 0 aliphatic rings. The second-order valence-electron chi connectivity index (χ2n) is 2.76. The summed E-state index contributed by atoms with van der Waals surface area (Å²) >= 11 is 0. The molecule has 78 valence electrons. The van der Waals surface area contributed by atoms with E-state index in [-0.39, 0.29) is 0 Å². The molecule has 1 rings (SSSR count).